The molecule has 1 aliphatic carbocycles. The van der Waals surface area contributed by atoms with E-state index >= 15 is 0 Å². The van der Waals surface area contributed by atoms with Crippen LogP contribution in [0.15, 0.2) is 36.4 Å². The van der Waals surface area contributed by atoms with Crippen molar-refractivity contribution in [3.63, 3.8) is 0 Å². The summed E-state index contributed by atoms with van der Waals surface area (Å²) in [5.74, 6) is 0.820. The van der Waals surface area contributed by atoms with Crippen molar-refractivity contribution in [3.05, 3.63) is 58.1 Å². The minimum atomic E-state index is 0.0461. The van der Waals surface area contributed by atoms with Gasteiger partial charge in [-0.3, -0.25) is 4.79 Å². The second-order valence-corrected chi connectivity index (χ2v) is 8.75. The quantitative estimate of drug-likeness (QED) is 0.604. The summed E-state index contributed by atoms with van der Waals surface area (Å²) in [4.78, 5) is 13.8. The molecule has 7 heteroatoms. The standard InChI is InChI=1S/C13H14ClNO.C13H19N3O/c14-13-8-12(7-6-10(13)9-15)16-11-4-2-1-3-5-11;1-3-16(7-6-14-2)11-4-5-12-10(8-11)9-15-13(12)17/h6-8,11H,1-5H2;4-5,8,14H,3,6-7,9H2,1-2H3,(H,15,17). The Kier molecular flexibility index (Phi) is 9.41. The summed E-state index contributed by atoms with van der Waals surface area (Å²) in [7, 11) is 1.96. The lowest BCUT2D eigenvalue weighted by molar-refractivity contribution is 0.0965. The van der Waals surface area contributed by atoms with Crippen LogP contribution in [-0.2, 0) is 6.54 Å². The first-order valence-corrected chi connectivity index (χ1v) is 12.1. The molecule has 1 fully saturated rings. The number of hydrogen-bond donors (Lipinski definition) is 2. The number of nitriles is 1. The van der Waals surface area contributed by atoms with Crippen molar-refractivity contribution >= 4 is 23.2 Å². The fraction of sp³-hybridized carbons (Fsp3) is 0.462. The van der Waals surface area contributed by atoms with E-state index in [2.05, 4.69) is 28.5 Å². The molecule has 2 aromatic carbocycles. The molecule has 176 valence electrons. The Morgan fingerprint density at radius 3 is 2.67 bits per heavy atom. The highest BCUT2D eigenvalue weighted by molar-refractivity contribution is 6.31. The topological polar surface area (TPSA) is 77.4 Å². The molecule has 6 nitrogen and oxygen atoms in total. The van der Waals surface area contributed by atoms with E-state index in [1.807, 2.05) is 31.3 Å². The molecule has 0 atom stereocenters. The van der Waals surface area contributed by atoms with E-state index in [-0.39, 0.29) is 5.91 Å². The number of ether oxygens (including phenoxy) is 1. The van der Waals surface area contributed by atoms with Gasteiger partial charge < -0.3 is 20.3 Å². The number of anilines is 1. The van der Waals surface area contributed by atoms with Crippen LogP contribution in [0.25, 0.3) is 0 Å². The number of nitrogens with zero attached hydrogens (tertiary/aromatic N) is 2. The first kappa shape index (κ1) is 24.9. The lowest BCUT2D eigenvalue weighted by atomic mass is 9.98. The van der Waals surface area contributed by atoms with Crippen LogP contribution >= 0.6 is 11.6 Å². The lowest BCUT2D eigenvalue weighted by Crippen LogP contribution is -2.30. The molecule has 1 amide bonds. The predicted molar refractivity (Wildman–Crippen MR) is 133 cm³/mol. The third kappa shape index (κ3) is 6.86. The third-order valence-electron chi connectivity index (χ3n) is 6.07. The molecular formula is C26H33ClN4O2. The molecule has 2 aromatic rings. The molecule has 1 saturated carbocycles. The maximum atomic E-state index is 11.5. The number of benzene rings is 2. The van der Waals surface area contributed by atoms with E-state index in [1.54, 1.807) is 12.1 Å². The van der Waals surface area contributed by atoms with Gasteiger partial charge in [0.25, 0.3) is 5.91 Å². The Balaban J connectivity index is 0.000000186. The first-order valence-electron chi connectivity index (χ1n) is 11.7. The Morgan fingerprint density at radius 1 is 1.21 bits per heavy atom. The smallest absolute Gasteiger partial charge is 0.251 e. The van der Waals surface area contributed by atoms with E-state index in [0.29, 0.717) is 23.2 Å². The van der Waals surface area contributed by atoms with Gasteiger partial charge in [0.05, 0.1) is 16.7 Å². The number of carbonyl (C=O) groups is 1. The van der Waals surface area contributed by atoms with E-state index in [4.69, 9.17) is 21.6 Å². The molecule has 0 aromatic heterocycles. The average molecular weight is 469 g/mol. The maximum Gasteiger partial charge on any atom is 0.251 e. The zero-order valence-corrected chi connectivity index (χ0v) is 20.3. The average Bonchev–Trinajstić information content (AvgIpc) is 3.21. The zero-order chi connectivity index (χ0) is 23.6. The number of likely N-dealkylation sites (N-methyl/N-ethyl adjacent to an activating group) is 2. The van der Waals surface area contributed by atoms with Gasteiger partial charge in [0, 0.05) is 43.5 Å². The molecule has 0 radical (unpaired) electrons. The highest BCUT2D eigenvalue weighted by Gasteiger charge is 2.19. The summed E-state index contributed by atoms with van der Waals surface area (Å²) in [5.41, 5.74) is 3.62. The SMILES string of the molecule is CCN(CCNC)c1ccc2c(c1)CNC2=O.N#Cc1ccc(OC2CCCCC2)cc1Cl. The van der Waals surface area contributed by atoms with Gasteiger partial charge in [-0.25, -0.2) is 0 Å². The van der Waals surface area contributed by atoms with Crippen LogP contribution in [0.4, 0.5) is 5.69 Å². The molecule has 0 bridgehead atoms. The molecule has 1 aliphatic heterocycles. The van der Waals surface area contributed by atoms with E-state index in [0.717, 1.165) is 49.4 Å². The monoisotopic (exact) mass is 468 g/mol. The highest BCUT2D eigenvalue weighted by Crippen LogP contribution is 2.27. The van der Waals surface area contributed by atoms with Crippen LogP contribution in [0.5, 0.6) is 5.75 Å². The summed E-state index contributed by atoms with van der Waals surface area (Å²) in [6, 6.07) is 13.4. The molecule has 0 unspecified atom stereocenters. The minimum Gasteiger partial charge on any atom is -0.490 e. The Labute approximate surface area is 201 Å². The van der Waals surface area contributed by atoms with Crippen molar-refractivity contribution in [3.8, 4) is 11.8 Å². The lowest BCUT2D eigenvalue weighted by Gasteiger charge is -2.23. The molecular weight excluding hydrogens is 436 g/mol. The Hall–Kier alpha value is -2.75. The van der Waals surface area contributed by atoms with Gasteiger partial charge in [0.2, 0.25) is 0 Å². The summed E-state index contributed by atoms with van der Waals surface area (Å²) < 4.78 is 5.84. The zero-order valence-electron chi connectivity index (χ0n) is 19.5. The largest absolute Gasteiger partial charge is 0.490 e. The predicted octanol–water partition coefficient (Wildman–Crippen LogP) is 4.90. The van der Waals surface area contributed by atoms with E-state index < -0.39 is 0 Å². The summed E-state index contributed by atoms with van der Waals surface area (Å²) in [5, 5.41) is 15.2. The van der Waals surface area contributed by atoms with Crippen molar-refractivity contribution in [2.45, 2.75) is 51.7 Å². The van der Waals surface area contributed by atoms with Crippen LogP contribution in [0.1, 0.15) is 60.5 Å². The number of rotatable bonds is 7. The third-order valence-corrected chi connectivity index (χ3v) is 6.38. The number of halogens is 1. The van der Waals surface area contributed by atoms with Gasteiger partial charge in [-0.2, -0.15) is 5.26 Å². The molecule has 4 rings (SSSR count). The van der Waals surface area contributed by atoms with Crippen LogP contribution in [-0.4, -0.2) is 38.7 Å². The number of hydrogen-bond acceptors (Lipinski definition) is 5. The van der Waals surface area contributed by atoms with Crippen molar-refractivity contribution in [2.75, 3.05) is 31.6 Å². The molecule has 33 heavy (non-hydrogen) atoms. The number of fused-ring (bicyclic) bond motifs is 1. The molecule has 2 aliphatic rings. The van der Waals surface area contributed by atoms with Gasteiger partial charge in [-0.1, -0.05) is 18.0 Å². The van der Waals surface area contributed by atoms with Crippen LogP contribution < -0.4 is 20.3 Å². The van der Waals surface area contributed by atoms with Gasteiger partial charge >= 0.3 is 0 Å². The van der Waals surface area contributed by atoms with Crippen LogP contribution in [0, 0.1) is 11.3 Å². The number of nitrogens with one attached hydrogen (secondary N) is 2. The Morgan fingerprint density at radius 2 is 2.00 bits per heavy atom. The molecule has 2 N–H and O–H groups in total. The van der Waals surface area contributed by atoms with Gasteiger partial charge in [0.15, 0.2) is 0 Å². The number of amides is 1. The van der Waals surface area contributed by atoms with Crippen molar-refractivity contribution in [1.82, 2.24) is 10.6 Å². The molecule has 0 saturated heterocycles. The van der Waals surface area contributed by atoms with E-state index in [9.17, 15) is 4.79 Å². The van der Waals surface area contributed by atoms with Crippen LogP contribution in [0.3, 0.4) is 0 Å². The maximum absolute atomic E-state index is 11.5. The highest BCUT2D eigenvalue weighted by atomic mass is 35.5. The fourth-order valence-corrected chi connectivity index (χ4v) is 4.38. The first-order chi connectivity index (χ1) is 16.0. The van der Waals surface area contributed by atoms with Crippen LogP contribution in [0.2, 0.25) is 5.02 Å². The van der Waals surface area contributed by atoms with Crippen molar-refractivity contribution in [2.24, 2.45) is 0 Å². The van der Waals surface area contributed by atoms with Gasteiger partial charge in [0.1, 0.15) is 11.8 Å². The van der Waals surface area contributed by atoms with E-state index in [1.165, 1.54) is 24.9 Å². The summed E-state index contributed by atoms with van der Waals surface area (Å²) in [6.07, 6.45) is 6.37. The van der Waals surface area contributed by atoms with Gasteiger partial charge in [-0.05, 0) is 75.5 Å². The molecule has 0 spiro atoms. The summed E-state index contributed by atoms with van der Waals surface area (Å²) >= 11 is 5.94. The minimum absolute atomic E-state index is 0.0461. The second-order valence-electron chi connectivity index (χ2n) is 8.34. The van der Waals surface area contributed by atoms with Gasteiger partial charge in [-0.15, -0.1) is 0 Å². The normalized spacial score (nSPS) is 15.0. The Bertz CT molecular complexity index is 983. The number of carbonyl (C=O) groups excluding carboxylic acids is 1. The second kappa shape index (κ2) is 12.5. The van der Waals surface area contributed by atoms with Crippen molar-refractivity contribution in [1.29, 1.82) is 5.26 Å². The van der Waals surface area contributed by atoms with Crippen molar-refractivity contribution < 1.29 is 9.53 Å². The fourth-order valence-electron chi connectivity index (χ4n) is 4.17. The molecule has 1 heterocycles. The summed E-state index contributed by atoms with van der Waals surface area (Å²) in [6.45, 7) is 5.72.